The van der Waals surface area contributed by atoms with E-state index in [4.69, 9.17) is 5.73 Å². The van der Waals surface area contributed by atoms with Crippen LogP contribution in [0.3, 0.4) is 0 Å². The van der Waals surface area contributed by atoms with Crippen molar-refractivity contribution in [3.05, 3.63) is 18.7 Å². The fraction of sp³-hybridized carbons (Fsp3) is 0.538. The van der Waals surface area contributed by atoms with Gasteiger partial charge in [-0.25, -0.2) is 4.98 Å². The minimum Gasteiger partial charge on any atom is -0.368 e. The molecule has 3 rings (SSSR count). The van der Waals surface area contributed by atoms with Gasteiger partial charge >= 0.3 is 0 Å². The predicted octanol–water partition coefficient (Wildman–Crippen LogP) is 0.172. The second-order valence-corrected chi connectivity index (χ2v) is 5.09. The Morgan fingerprint density at radius 3 is 2.52 bits per heavy atom. The number of nitrogen functional groups attached to an aromatic ring is 1. The SMILES string of the molecule is CCCN1CCN(c2nc(N)nc(-n3ccnc3)n2)CC1. The van der Waals surface area contributed by atoms with E-state index in [1.807, 2.05) is 0 Å². The van der Waals surface area contributed by atoms with Crippen LogP contribution in [0.5, 0.6) is 0 Å². The third kappa shape index (κ3) is 3.10. The predicted molar refractivity (Wildman–Crippen MR) is 80.3 cm³/mol. The zero-order chi connectivity index (χ0) is 14.7. The van der Waals surface area contributed by atoms with Crippen LogP contribution >= 0.6 is 0 Å². The maximum absolute atomic E-state index is 5.81. The molecule has 8 nitrogen and oxygen atoms in total. The van der Waals surface area contributed by atoms with Gasteiger partial charge < -0.3 is 10.6 Å². The minimum absolute atomic E-state index is 0.236. The zero-order valence-electron chi connectivity index (χ0n) is 12.2. The smallest absolute Gasteiger partial charge is 0.241 e. The molecule has 0 unspecified atom stereocenters. The number of imidazole rings is 1. The van der Waals surface area contributed by atoms with Gasteiger partial charge in [0.15, 0.2) is 0 Å². The molecule has 0 aliphatic carbocycles. The van der Waals surface area contributed by atoms with Gasteiger partial charge in [-0.3, -0.25) is 9.47 Å². The first kappa shape index (κ1) is 13.7. The van der Waals surface area contributed by atoms with Gasteiger partial charge in [0.05, 0.1) is 0 Å². The molecule has 2 N–H and O–H groups in total. The third-order valence-corrected chi connectivity index (χ3v) is 3.56. The summed E-state index contributed by atoms with van der Waals surface area (Å²) < 4.78 is 1.73. The molecule has 0 saturated carbocycles. The molecule has 0 spiro atoms. The molecule has 0 aromatic carbocycles. The summed E-state index contributed by atoms with van der Waals surface area (Å²) in [6.45, 7) is 7.23. The average molecular weight is 288 g/mol. The van der Waals surface area contributed by atoms with Gasteiger partial charge in [0, 0.05) is 38.6 Å². The van der Waals surface area contributed by atoms with E-state index in [-0.39, 0.29) is 5.95 Å². The van der Waals surface area contributed by atoms with Crippen molar-refractivity contribution in [2.75, 3.05) is 43.4 Å². The molecule has 0 radical (unpaired) electrons. The lowest BCUT2D eigenvalue weighted by Crippen LogP contribution is -2.47. The largest absolute Gasteiger partial charge is 0.368 e. The highest BCUT2D eigenvalue weighted by Gasteiger charge is 2.19. The van der Waals surface area contributed by atoms with E-state index in [2.05, 4.69) is 36.7 Å². The lowest BCUT2D eigenvalue weighted by molar-refractivity contribution is 0.257. The topological polar surface area (TPSA) is 89.0 Å². The number of aromatic nitrogens is 5. The minimum atomic E-state index is 0.236. The number of hydrogen-bond donors (Lipinski definition) is 1. The number of rotatable bonds is 4. The van der Waals surface area contributed by atoms with Crippen molar-refractivity contribution in [1.29, 1.82) is 0 Å². The van der Waals surface area contributed by atoms with Crippen LogP contribution in [0, 0.1) is 0 Å². The molecule has 0 amide bonds. The van der Waals surface area contributed by atoms with Crippen LogP contribution < -0.4 is 10.6 Å². The molecule has 1 aliphatic rings. The van der Waals surface area contributed by atoms with E-state index in [0.717, 1.165) is 32.7 Å². The van der Waals surface area contributed by atoms with Gasteiger partial charge in [-0.15, -0.1) is 0 Å². The Morgan fingerprint density at radius 2 is 1.86 bits per heavy atom. The second kappa shape index (κ2) is 6.04. The van der Waals surface area contributed by atoms with Gasteiger partial charge in [0.2, 0.25) is 17.8 Å². The monoisotopic (exact) mass is 288 g/mol. The Balaban J connectivity index is 1.77. The number of nitrogens with zero attached hydrogens (tertiary/aromatic N) is 7. The van der Waals surface area contributed by atoms with Crippen molar-refractivity contribution in [2.24, 2.45) is 0 Å². The van der Waals surface area contributed by atoms with Crippen molar-refractivity contribution in [3.63, 3.8) is 0 Å². The van der Waals surface area contributed by atoms with Crippen molar-refractivity contribution in [3.8, 4) is 5.95 Å². The molecule has 1 fully saturated rings. The first-order valence-electron chi connectivity index (χ1n) is 7.23. The van der Waals surface area contributed by atoms with Gasteiger partial charge in [0.1, 0.15) is 6.33 Å². The maximum atomic E-state index is 5.81. The van der Waals surface area contributed by atoms with Crippen LogP contribution in [0.2, 0.25) is 0 Å². The van der Waals surface area contributed by atoms with Crippen LogP contribution in [-0.4, -0.2) is 62.1 Å². The normalized spacial score (nSPS) is 16.3. The number of nitrogens with two attached hydrogens (primary N) is 1. The quantitative estimate of drug-likeness (QED) is 0.858. The van der Waals surface area contributed by atoms with E-state index in [1.165, 1.54) is 6.42 Å². The number of anilines is 2. The highest BCUT2D eigenvalue weighted by Crippen LogP contribution is 2.14. The lowest BCUT2D eigenvalue weighted by Gasteiger charge is -2.34. The van der Waals surface area contributed by atoms with E-state index in [0.29, 0.717) is 11.9 Å². The Hall–Kier alpha value is -2.22. The van der Waals surface area contributed by atoms with Gasteiger partial charge in [0.25, 0.3) is 0 Å². The summed E-state index contributed by atoms with van der Waals surface area (Å²) in [6.07, 6.45) is 6.31. The average Bonchev–Trinajstić information content (AvgIpc) is 3.02. The van der Waals surface area contributed by atoms with E-state index < -0.39 is 0 Å². The first-order valence-corrected chi connectivity index (χ1v) is 7.23. The van der Waals surface area contributed by atoms with Gasteiger partial charge in [-0.1, -0.05) is 6.92 Å². The summed E-state index contributed by atoms with van der Waals surface area (Å²) in [4.78, 5) is 21.5. The van der Waals surface area contributed by atoms with Gasteiger partial charge in [-0.05, 0) is 13.0 Å². The Morgan fingerprint density at radius 1 is 1.10 bits per heavy atom. The summed E-state index contributed by atoms with van der Waals surface area (Å²) in [6, 6.07) is 0. The molecule has 1 aliphatic heterocycles. The van der Waals surface area contributed by atoms with Crippen LogP contribution in [-0.2, 0) is 0 Å². The Bertz CT molecular complexity index is 574. The number of hydrogen-bond acceptors (Lipinski definition) is 7. The van der Waals surface area contributed by atoms with Crippen molar-refractivity contribution >= 4 is 11.9 Å². The summed E-state index contributed by atoms with van der Waals surface area (Å²) in [7, 11) is 0. The van der Waals surface area contributed by atoms with Crippen molar-refractivity contribution < 1.29 is 0 Å². The first-order chi connectivity index (χ1) is 10.3. The van der Waals surface area contributed by atoms with Crippen LogP contribution in [0.15, 0.2) is 18.7 Å². The van der Waals surface area contributed by atoms with E-state index in [9.17, 15) is 0 Å². The highest BCUT2D eigenvalue weighted by atomic mass is 15.4. The molecule has 112 valence electrons. The molecule has 3 heterocycles. The van der Waals surface area contributed by atoms with Crippen LogP contribution in [0.4, 0.5) is 11.9 Å². The van der Waals surface area contributed by atoms with Crippen molar-refractivity contribution in [1.82, 2.24) is 29.4 Å². The summed E-state index contributed by atoms with van der Waals surface area (Å²) in [5, 5.41) is 0. The van der Waals surface area contributed by atoms with Crippen LogP contribution in [0.1, 0.15) is 13.3 Å². The second-order valence-electron chi connectivity index (χ2n) is 5.09. The molecule has 21 heavy (non-hydrogen) atoms. The standard InChI is InChI=1S/C13H20N8/c1-2-4-19-6-8-20(9-7-19)12-16-11(14)17-13(18-12)21-5-3-15-10-21/h3,5,10H,2,4,6-9H2,1H3,(H2,14,16,17,18). The highest BCUT2D eigenvalue weighted by molar-refractivity contribution is 5.38. The Labute approximate surface area is 123 Å². The summed E-state index contributed by atoms with van der Waals surface area (Å²) in [5.74, 6) is 1.38. The van der Waals surface area contributed by atoms with Gasteiger partial charge in [-0.2, -0.15) is 15.0 Å². The summed E-state index contributed by atoms with van der Waals surface area (Å²) >= 11 is 0. The molecule has 2 aromatic rings. The molecule has 2 aromatic heterocycles. The zero-order valence-corrected chi connectivity index (χ0v) is 12.2. The number of piperazine rings is 1. The fourth-order valence-electron chi connectivity index (χ4n) is 2.49. The molecular weight excluding hydrogens is 268 g/mol. The summed E-state index contributed by atoms with van der Waals surface area (Å²) in [5.41, 5.74) is 5.81. The van der Waals surface area contributed by atoms with E-state index in [1.54, 1.807) is 23.3 Å². The van der Waals surface area contributed by atoms with E-state index >= 15 is 0 Å². The molecule has 8 heteroatoms. The maximum Gasteiger partial charge on any atom is 0.241 e. The molecule has 0 bridgehead atoms. The van der Waals surface area contributed by atoms with Crippen molar-refractivity contribution in [2.45, 2.75) is 13.3 Å². The van der Waals surface area contributed by atoms with Crippen LogP contribution in [0.25, 0.3) is 5.95 Å². The fourth-order valence-corrected chi connectivity index (χ4v) is 2.49. The molecule has 1 saturated heterocycles. The molecule has 0 atom stereocenters. The Kier molecular flexibility index (Phi) is 3.96. The lowest BCUT2D eigenvalue weighted by atomic mass is 10.3. The molecular formula is C13H20N8. The third-order valence-electron chi connectivity index (χ3n) is 3.56.